The summed E-state index contributed by atoms with van der Waals surface area (Å²) in [5.41, 5.74) is 1.23. The van der Waals surface area contributed by atoms with Gasteiger partial charge in [0.15, 0.2) is 0 Å². The number of rotatable bonds is 4. The number of sulfonamides is 1. The first-order chi connectivity index (χ1) is 9.99. The molecule has 0 aliphatic carbocycles. The van der Waals surface area contributed by atoms with E-state index in [1.165, 1.54) is 0 Å². The van der Waals surface area contributed by atoms with Crippen LogP contribution >= 0.6 is 0 Å². The second-order valence-electron chi connectivity index (χ2n) is 5.40. The number of hydrogen-bond acceptors (Lipinski definition) is 4. The molecule has 1 fully saturated rings. The number of aliphatic carboxylic acids is 1. The zero-order valence-electron chi connectivity index (χ0n) is 11.4. The second kappa shape index (κ2) is 5.31. The number of carbonyl (C=O) groups is 1. The first kappa shape index (κ1) is 14.3. The summed E-state index contributed by atoms with van der Waals surface area (Å²) in [6.07, 6.45) is 1.42. The number of fused-ring (bicyclic) bond motifs is 1. The lowest BCUT2D eigenvalue weighted by Gasteiger charge is -2.25. The maximum atomic E-state index is 12.6. The molecule has 0 aromatic heterocycles. The van der Waals surface area contributed by atoms with Crippen molar-refractivity contribution in [2.45, 2.75) is 31.4 Å². The molecule has 0 saturated carbocycles. The molecule has 1 aromatic carbocycles. The normalized spacial score (nSPS) is 25.0. The quantitative estimate of drug-likeness (QED) is 0.897. The van der Waals surface area contributed by atoms with E-state index in [1.54, 1.807) is 24.3 Å². The van der Waals surface area contributed by atoms with Gasteiger partial charge in [-0.1, -0.05) is 18.2 Å². The van der Waals surface area contributed by atoms with Gasteiger partial charge in [-0.3, -0.25) is 4.31 Å². The molecule has 2 aliphatic heterocycles. The van der Waals surface area contributed by atoms with Crippen molar-refractivity contribution < 1.29 is 23.1 Å². The molecule has 1 aromatic rings. The third-order valence-electron chi connectivity index (χ3n) is 3.93. The van der Waals surface area contributed by atoms with Crippen LogP contribution in [0.5, 0.6) is 0 Å². The molecule has 114 valence electrons. The second-order valence-corrected chi connectivity index (χ2v) is 7.29. The number of hydrogen-bond donors (Lipinski definition) is 1. The monoisotopic (exact) mass is 311 g/mol. The SMILES string of the molecule is O=C(O)C1Cc2ccccc2N1S(=O)(=O)CC1CCCO1. The molecule has 1 N–H and O–H groups in total. The maximum absolute atomic E-state index is 12.6. The lowest BCUT2D eigenvalue weighted by atomic mass is 10.1. The van der Waals surface area contributed by atoms with Crippen molar-refractivity contribution in [1.29, 1.82) is 0 Å². The number of para-hydroxylation sites is 1. The van der Waals surface area contributed by atoms with Crippen LogP contribution in [0.2, 0.25) is 0 Å². The molecule has 2 atom stereocenters. The molecule has 0 amide bonds. The molecule has 2 heterocycles. The molecule has 0 bridgehead atoms. The molecule has 0 spiro atoms. The minimum atomic E-state index is -3.72. The van der Waals surface area contributed by atoms with Crippen molar-refractivity contribution in [3.63, 3.8) is 0 Å². The number of carboxylic acid groups (broad SMARTS) is 1. The summed E-state index contributed by atoms with van der Waals surface area (Å²) in [6, 6.07) is 5.87. The van der Waals surface area contributed by atoms with Gasteiger partial charge in [0.1, 0.15) is 6.04 Å². The van der Waals surface area contributed by atoms with Crippen LogP contribution in [0.3, 0.4) is 0 Å². The van der Waals surface area contributed by atoms with Crippen LogP contribution in [-0.2, 0) is 26.0 Å². The highest BCUT2D eigenvalue weighted by Crippen LogP contribution is 2.35. The summed E-state index contributed by atoms with van der Waals surface area (Å²) in [5.74, 6) is -1.28. The molecular weight excluding hydrogens is 294 g/mol. The Morgan fingerprint density at radius 2 is 2.14 bits per heavy atom. The first-order valence-corrected chi connectivity index (χ1v) is 8.54. The summed E-state index contributed by atoms with van der Waals surface area (Å²) in [5, 5.41) is 9.34. The first-order valence-electron chi connectivity index (χ1n) is 6.93. The van der Waals surface area contributed by atoms with Gasteiger partial charge in [-0.25, -0.2) is 13.2 Å². The van der Waals surface area contributed by atoms with Crippen molar-refractivity contribution in [2.75, 3.05) is 16.7 Å². The zero-order valence-corrected chi connectivity index (χ0v) is 12.3. The van der Waals surface area contributed by atoms with Gasteiger partial charge >= 0.3 is 5.97 Å². The van der Waals surface area contributed by atoms with Crippen molar-refractivity contribution in [2.24, 2.45) is 0 Å². The molecule has 1 saturated heterocycles. The van der Waals surface area contributed by atoms with Gasteiger partial charge in [-0.05, 0) is 24.5 Å². The smallest absolute Gasteiger partial charge is 0.327 e. The third-order valence-corrected chi connectivity index (χ3v) is 5.77. The van der Waals surface area contributed by atoms with Gasteiger partial charge in [0.05, 0.1) is 17.5 Å². The summed E-state index contributed by atoms with van der Waals surface area (Å²) >= 11 is 0. The average molecular weight is 311 g/mol. The van der Waals surface area contributed by atoms with Gasteiger partial charge in [0.2, 0.25) is 10.0 Å². The summed E-state index contributed by atoms with van der Waals surface area (Å²) in [6.45, 7) is 0.569. The Labute approximate surface area is 123 Å². The van der Waals surface area contributed by atoms with E-state index < -0.39 is 22.0 Å². The summed E-state index contributed by atoms with van der Waals surface area (Å²) in [4.78, 5) is 11.4. The highest BCUT2D eigenvalue weighted by Gasteiger charge is 2.42. The standard InChI is InChI=1S/C14H17NO5S/c16-14(17)13-8-10-4-1-2-6-12(10)15(13)21(18,19)9-11-5-3-7-20-11/h1-2,4,6,11,13H,3,5,7-9H2,(H,16,17). The largest absolute Gasteiger partial charge is 0.480 e. The van der Waals surface area contributed by atoms with Crippen LogP contribution in [0.4, 0.5) is 5.69 Å². The van der Waals surface area contributed by atoms with Gasteiger partial charge in [0, 0.05) is 13.0 Å². The van der Waals surface area contributed by atoms with E-state index in [1.807, 2.05) is 0 Å². The molecule has 3 rings (SSSR count). The molecule has 2 aliphatic rings. The summed E-state index contributed by atoms with van der Waals surface area (Å²) in [7, 11) is -3.72. The average Bonchev–Trinajstić information content (AvgIpc) is 3.04. The zero-order chi connectivity index (χ0) is 15.0. The Kier molecular flexibility index (Phi) is 3.62. The Morgan fingerprint density at radius 3 is 2.81 bits per heavy atom. The van der Waals surface area contributed by atoms with Gasteiger partial charge in [-0.15, -0.1) is 0 Å². The predicted molar refractivity (Wildman–Crippen MR) is 76.8 cm³/mol. The predicted octanol–water partition coefficient (Wildman–Crippen LogP) is 1.01. The van der Waals surface area contributed by atoms with E-state index in [4.69, 9.17) is 4.74 Å². The van der Waals surface area contributed by atoms with E-state index >= 15 is 0 Å². The van der Waals surface area contributed by atoms with Crippen LogP contribution < -0.4 is 4.31 Å². The molecule has 21 heavy (non-hydrogen) atoms. The minimum absolute atomic E-state index is 0.162. The number of carboxylic acids is 1. The molecular formula is C14H17NO5S. The minimum Gasteiger partial charge on any atom is -0.480 e. The Balaban J connectivity index is 1.94. The lowest BCUT2D eigenvalue weighted by molar-refractivity contribution is -0.138. The molecule has 0 radical (unpaired) electrons. The van der Waals surface area contributed by atoms with Crippen LogP contribution in [0.25, 0.3) is 0 Å². The fourth-order valence-corrected chi connectivity index (χ4v) is 4.90. The lowest BCUT2D eigenvalue weighted by Crippen LogP contribution is -2.45. The fraction of sp³-hybridized carbons (Fsp3) is 0.500. The van der Waals surface area contributed by atoms with Gasteiger partial charge < -0.3 is 9.84 Å². The van der Waals surface area contributed by atoms with Crippen LogP contribution in [0, 0.1) is 0 Å². The van der Waals surface area contributed by atoms with Gasteiger partial charge in [0.25, 0.3) is 0 Å². The van der Waals surface area contributed by atoms with Crippen molar-refractivity contribution >= 4 is 21.7 Å². The van der Waals surface area contributed by atoms with E-state index in [-0.39, 0.29) is 18.3 Å². The number of ether oxygens (including phenoxy) is 1. The Morgan fingerprint density at radius 1 is 1.38 bits per heavy atom. The highest BCUT2D eigenvalue weighted by atomic mass is 32.2. The maximum Gasteiger partial charge on any atom is 0.327 e. The van der Waals surface area contributed by atoms with Gasteiger partial charge in [-0.2, -0.15) is 0 Å². The Hall–Kier alpha value is -1.60. The Bertz CT molecular complexity index is 651. The van der Waals surface area contributed by atoms with Crippen LogP contribution in [0.15, 0.2) is 24.3 Å². The molecule has 7 heteroatoms. The van der Waals surface area contributed by atoms with Crippen LogP contribution in [-0.4, -0.2) is 44.0 Å². The third kappa shape index (κ3) is 2.63. The highest BCUT2D eigenvalue weighted by molar-refractivity contribution is 7.92. The van der Waals surface area contributed by atoms with Crippen molar-refractivity contribution in [1.82, 2.24) is 0 Å². The number of nitrogens with zero attached hydrogens (tertiary/aromatic N) is 1. The van der Waals surface area contributed by atoms with Crippen LogP contribution in [0.1, 0.15) is 18.4 Å². The van der Waals surface area contributed by atoms with E-state index in [9.17, 15) is 18.3 Å². The topological polar surface area (TPSA) is 83.9 Å². The van der Waals surface area contributed by atoms with Crippen molar-refractivity contribution in [3.8, 4) is 0 Å². The number of benzene rings is 1. The fourth-order valence-electron chi connectivity index (χ4n) is 2.98. The number of anilines is 1. The van der Waals surface area contributed by atoms with Crippen molar-refractivity contribution in [3.05, 3.63) is 29.8 Å². The summed E-state index contributed by atoms with van der Waals surface area (Å²) < 4.78 is 31.7. The van der Waals surface area contributed by atoms with E-state index in [0.717, 1.165) is 16.3 Å². The molecule has 6 nitrogen and oxygen atoms in total. The van der Waals surface area contributed by atoms with E-state index in [0.29, 0.717) is 18.7 Å². The van der Waals surface area contributed by atoms with E-state index in [2.05, 4.69) is 0 Å². The molecule has 2 unspecified atom stereocenters.